The molecule has 0 radical (unpaired) electrons. The average Bonchev–Trinajstić information content (AvgIpc) is 3.00. The van der Waals surface area contributed by atoms with Crippen LogP contribution in [0.4, 0.5) is 5.82 Å². The Morgan fingerprint density at radius 2 is 2.00 bits per heavy atom. The number of hydrogen-bond acceptors (Lipinski definition) is 5. The summed E-state index contributed by atoms with van der Waals surface area (Å²) in [6.45, 7) is 6.05. The van der Waals surface area contributed by atoms with Crippen LogP contribution in [0.15, 0.2) is 48.0 Å². The van der Waals surface area contributed by atoms with Crippen LogP contribution >= 0.6 is 0 Å². The van der Waals surface area contributed by atoms with Gasteiger partial charge in [-0.15, -0.1) is 0 Å². The second-order valence-electron chi connectivity index (χ2n) is 4.59. The minimum absolute atomic E-state index is 0.622. The molecule has 0 aliphatic heterocycles. The molecule has 6 nitrogen and oxygen atoms in total. The molecule has 118 valence electrons. The molecule has 0 aliphatic carbocycles. The maximum Gasteiger partial charge on any atom is 0.146 e. The number of nitrogens with one attached hydrogen (secondary N) is 2. The molecule has 3 heterocycles. The second kappa shape index (κ2) is 7.84. The van der Waals surface area contributed by atoms with Crippen LogP contribution in [0, 0.1) is 12.3 Å². The highest BCUT2D eigenvalue weighted by Gasteiger charge is 2.05. The van der Waals surface area contributed by atoms with Crippen molar-refractivity contribution in [3.63, 3.8) is 0 Å². The summed E-state index contributed by atoms with van der Waals surface area (Å²) in [5.74, 6) is 0.622. The standard InChI is InChI=1S/C15H14N6.C2H6/c1-11-2-5-15-19-13(10-21(15)9-11)12-3-4-14(17-8-12)20-18-7-6-16;1-2/h2-10,16H,1H3,(H,17,20);1-2H3/b16-6?,18-7-;. The van der Waals surface area contributed by atoms with Gasteiger partial charge in [0.15, 0.2) is 0 Å². The Balaban J connectivity index is 0.000000924. The largest absolute Gasteiger partial charge is 0.307 e. The first kappa shape index (κ1) is 16.4. The second-order valence-corrected chi connectivity index (χ2v) is 4.59. The number of anilines is 1. The summed E-state index contributed by atoms with van der Waals surface area (Å²) in [5.41, 5.74) is 6.66. The maximum atomic E-state index is 6.84. The van der Waals surface area contributed by atoms with Crippen molar-refractivity contribution in [2.24, 2.45) is 5.10 Å². The molecule has 0 saturated heterocycles. The van der Waals surface area contributed by atoms with Gasteiger partial charge in [-0.05, 0) is 30.7 Å². The van der Waals surface area contributed by atoms with E-state index in [-0.39, 0.29) is 0 Å². The third-order valence-corrected chi connectivity index (χ3v) is 2.99. The van der Waals surface area contributed by atoms with Gasteiger partial charge in [0.2, 0.25) is 0 Å². The van der Waals surface area contributed by atoms with Crippen LogP contribution < -0.4 is 5.43 Å². The Bertz CT molecular complexity index is 802. The van der Waals surface area contributed by atoms with Crippen LogP contribution in [-0.4, -0.2) is 26.8 Å². The van der Waals surface area contributed by atoms with Crippen LogP contribution in [0.1, 0.15) is 19.4 Å². The number of pyridine rings is 2. The molecule has 3 rings (SSSR count). The lowest BCUT2D eigenvalue weighted by atomic mass is 10.2. The van der Waals surface area contributed by atoms with Gasteiger partial charge in [0, 0.05) is 30.4 Å². The van der Waals surface area contributed by atoms with Crippen LogP contribution in [0.3, 0.4) is 0 Å². The number of aromatic nitrogens is 3. The van der Waals surface area contributed by atoms with Gasteiger partial charge in [-0.25, -0.2) is 9.97 Å². The fourth-order valence-corrected chi connectivity index (χ4v) is 1.99. The lowest BCUT2D eigenvalue weighted by Crippen LogP contribution is -1.92. The summed E-state index contributed by atoms with van der Waals surface area (Å²) in [7, 11) is 0. The number of nitrogens with zero attached hydrogens (tertiary/aromatic N) is 4. The van der Waals surface area contributed by atoms with E-state index in [4.69, 9.17) is 5.41 Å². The Labute approximate surface area is 135 Å². The number of imidazole rings is 1. The molecule has 0 bridgehead atoms. The highest BCUT2D eigenvalue weighted by Crippen LogP contribution is 2.19. The Hall–Kier alpha value is -3.02. The van der Waals surface area contributed by atoms with Crippen molar-refractivity contribution in [1.29, 1.82) is 5.41 Å². The number of hydrazone groups is 1. The van der Waals surface area contributed by atoms with Gasteiger partial charge in [0.05, 0.1) is 11.9 Å². The molecule has 0 unspecified atom stereocenters. The van der Waals surface area contributed by atoms with E-state index < -0.39 is 0 Å². The summed E-state index contributed by atoms with van der Waals surface area (Å²) in [5, 5.41) is 10.6. The van der Waals surface area contributed by atoms with Gasteiger partial charge in [0.25, 0.3) is 0 Å². The monoisotopic (exact) mass is 308 g/mol. The van der Waals surface area contributed by atoms with Crippen molar-refractivity contribution >= 4 is 23.9 Å². The number of aryl methyl sites for hydroxylation is 1. The molecule has 3 aromatic heterocycles. The highest BCUT2D eigenvalue weighted by molar-refractivity contribution is 6.14. The number of rotatable bonds is 4. The zero-order valence-corrected chi connectivity index (χ0v) is 13.5. The predicted octanol–water partition coefficient (Wildman–Crippen LogP) is 3.78. The summed E-state index contributed by atoms with van der Waals surface area (Å²) in [6.07, 6.45) is 8.22. The lowest BCUT2D eigenvalue weighted by molar-refractivity contribution is 1.16. The van der Waals surface area contributed by atoms with E-state index in [1.54, 1.807) is 6.20 Å². The first-order chi connectivity index (χ1) is 11.3. The Kier molecular flexibility index (Phi) is 5.57. The third kappa shape index (κ3) is 4.00. The predicted molar refractivity (Wildman–Crippen MR) is 95.4 cm³/mol. The van der Waals surface area contributed by atoms with E-state index in [1.807, 2.05) is 54.9 Å². The van der Waals surface area contributed by atoms with Crippen molar-refractivity contribution in [3.05, 3.63) is 48.4 Å². The molecule has 0 amide bonds. The topological polar surface area (TPSA) is 78.4 Å². The van der Waals surface area contributed by atoms with Gasteiger partial charge < -0.3 is 9.81 Å². The van der Waals surface area contributed by atoms with E-state index in [1.165, 1.54) is 11.8 Å². The minimum Gasteiger partial charge on any atom is -0.307 e. The zero-order valence-electron chi connectivity index (χ0n) is 13.5. The van der Waals surface area contributed by atoms with Crippen LogP contribution in [-0.2, 0) is 0 Å². The third-order valence-electron chi connectivity index (χ3n) is 2.99. The van der Waals surface area contributed by atoms with Gasteiger partial charge >= 0.3 is 0 Å². The van der Waals surface area contributed by atoms with E-state index in [0.29, 0.717) is 5.82 Å². The normalized spacial score (nSPS) is 10.4. The summed E-state index contributed by atoms with van der Waals surface area (Å²) in [4.78, 5) is 8.84. The molecule has 0 spiro atoms. The van der Waals surface area contributed by atoms with Crippen LogP contribution in [0.25, 0.3) is 16.9 Å². The smallest absolute Gasteiger partial charge is 0.146 e. The minimum atomic E-state index is 0.622. The molecule has 0 atom stereocenters. The van der Waals surface area contributed by atoms with Gasteiger partial charge in [-0.1, -0.05) is 19.9 Å². The molecule has 3 aromatic rings. The van der Waals surface area contributed by atoms with Gasteiger partial charge in [-0.3, -0.25) is 5.43 Å². The fourth-order valence-electron chi connectivity index (χ4n) is 1.99. The van der Waals surface area contributed by atoms with E-state index in [0.717, 1.165) is 23.1 Å². The van der Waals surface area contributed by atoms with Crippen LogP contribution in [0.5, 0.6) is 0 Å². The SMILES string of the molecule is CC.Cc1ccc2nc(-c3ccc(N/N=C\C=N)nc3)cn2c1. The summed E-state index contributed by atoms with van der Waals surface area (Å²) in [6, 6.07) is 7.79. The molecule has 0 aliphatic rings. The average molecular weight is 308 g/mol. The fraction of sp³-hybridized carbons (Fsp3) is 0.176. The van der Waals surface area contributed by atoms with Gasteiger partial charge in [0.1, 0.15) is 11.5 Å². The van der Waals surface area contributed by atoms with Crippen molar-refractivity contribution < 1.29 is 0 Å². The maximum absolute atomic E-state index is 6.84. The van der Waals surface area contributed by atoms with E-state index >= 15 is 0 Å². The van der Waals surface area contributed by atoms with E-state index in [9.17, 15) is 0 Å². The molecular weight excluding hydrogens is 288 g/mol. The zero-order chi connectivity index (χ0) is 16.7. The number of fused-ring (bicyclic) bond motifs is 1. The highest BCUT2D eigenvalue weighted by atomic mass is 15.3. The Morgan fingerprint density at radius 3 is 2.70 bits per heavy atom. The lowest BCUT2D eigenvalue weighted by Gasteiger charge is -1.99. The van der Waals surface area contributed by atoms with Gasteiger partial charge in [-0.2, -0.15) is 5.10 Å². The Morgan fingerprint density at radius 1 is 1.17 bits per heavy atom. The first-order valence-corrected chi connectivity index (χ1v) is 7.46. The van der Waals surface area contributed by atoms with Crippen LogP contribution in [0.2, 0.25) is 0 Å². The first-order valence-electron chi connectivity index (χ1n) is 7.46. The van der Waals surface area contributed by atoms with Crippen molar-refractivity contribution in [2.75, 3.05) is 5.43 Å². The summed E-state index contributed by atoms with van der Waals surface area (Å²) >= 11 is 0. The van der Waals surface area contributed by atoms with Crippen molar-refractivity contribution in [1.82, 2.24) is 14.4 Å². The molecule has 0 aromatic carbocycles. The van der Waals surface area contributed by atoms with E-state index in [2.05, 4.69) is 27.4 Å². The summed E-state index contributed by atoms with van der Waals surface area (Å²) < 4.78 is 2.01. The van der Waals surface area contributed by atoms with Crippen molar-refractivity contribution in [2.45, 2.75) is 20.8 Å². The molecule has 2 N–H and O–H groups in total. The molecular formula is C17H20N6. The number of hydrogen-bond donors (Lipinski definition) is 2. The quantitative estimate of drug-likeness (QED) is 0.568. The molecule has 0 fully saturated rings. The van der Waals surface area contributed by atoms with Crippen molar-refractivity contribution in [3.8, 4) is 11.3 Å². The molecule has 23 heavy (non-hydrogen) atoms. The molecule has 0 saturated carbocycles. The molecule has 6 heteroatoms.